The van der Waals surface area contributed by atoms with Crippen LogP contribution in [-0.2, 0) is 0 Å². The molecule has 1 heteroatoms. The molecule has 0 saturated carbocycles. The minimum Gasteiger partial charge on any atom is -0.306 e. The smallest absolute Gasteiger partial charge is 0.00192 e. The van der Waals surface area contributed by atoms with Crippen molar-refractivity contribution in [1.29, 1.82) is 0 Å². The van der Waals surface area contributed by atoms with Crippen molar-refractivity contribution >= 4 is 0 Å². The molecule has 0 amide bonds. The summed E-state index contributed by atoms with van der Waals surface area (Å²) in [6.45, 7) is 21.4. The second-order valence-corrected chi connectivity index (χ2v) is 9.62. The van der Waals surface area contributed by atoms with E-state index in [9.17, 15) is 0 Å². The first-order valence-corrected chi connectivity index (χ1v) is 8.57. The molecule has 0 spiro atoms. The average Bonchev–Trinajstić information content (AvgIpc) is 2.18. The predicted molar refractivity (Wildman–Crippen MR) is 93.2 cm³/mol. The lowest BCUT2D eigenvalue weighted by Crippen LogP contribution is -2.25. The Morgan fingerprint density at radius 3 is 1.25 bits per heavy atom. The van der Waals surface area contributed by atoms with Crippen LogP contribution in [0.25, 0.3) is 0 Å². The largest absolute Gasteiger partial charge is 0.306 e. The fourth-order valence-corrected chi connectivity index (χ4v) is 3.29. The van der Waals surface area contributed by atoms with Crippen molar-refractivity contribution in [1.82, 2.24) is 4.90 Å². The highest BCUT2D eigenvalue weighted by molar-refractivity contribution is 4.69. The van der Waals surface area contributed by atoms with E-state index in [4.69, 9.17) is 0 Å². The Hall–Kier alpha value is -0.0400. The highest BCUT2D eigenvalue weighted by atomic mass is 15.1. The maximum atomic E-state index is 2.53. The molecule has 0 rings (SSSR count). The highest BCUT2D eigenvalue weighted by Gasteiger charge is 2.17. The van der Waals surface area contributed by atoms with Gasteiger partial charge in [0.15, 0.2) is 0 Å². The maximum absolute atomic E-state index is 2.53. The van der Waals surface area contributed by atoms with Crippen LogP contribution in [0.2, 0.25) is 0 Å². The molecular weight excluding hydrogens is 242 g/mol. The van der Waals surface area contributed by atoms with Crippen molar-refractivity contribution in [2.24, 2.45) is 22.7 Å². The molecule has 0 bridgehead atoms. The van der Waals surface area contributed by atoms with Gasteiger partial charge in [0.1, 0.15) is 0 Å². The standard InChI is InChI=1S/C19H41N/c1-16(14-18(3,4)5)10-12-20(9)13-11-17(2)15-19(6,7)8/h16-17H,10-15H2,1-9H3. The Morgan fingerprint density at radius 1 is 0.700 bits per heavy atom. The lowest BCUT2D eigenvalue weighted by molar-refractivity contribution is 0.231. The lowest BCUT2D eigenvalue weighted by Gasteiger charge is -2.27. The molecule has 0 aliphatic heterocycles. The first kappa shape index (κ1) is 20.0. The Kier molecular flexibility index (Phi) is 8.40. The van der Waals surface area contributed by atoms with E-state index in [-0.39, 0.29) is 0 Å². The lowest BCUT2D eigenvalue weighted by atomic mass is 9.84. The van der Waals surface area contributed by atoms with Crippen molar-refractivity contribution in [3.05, 3.63) is 0 Å². The first-order valence-electron chi connectivity index (χ1n) is 8.57. The number of nitrogens with zero attached hydrogens (tertiary/aromatic N) is 1. The quantitative estimate of drug-likeness (QED) is 0.540. The van der Waals surface area contributed by atoms with Gasteiger partial charge in [-0.15, -0.1) is 0 Å². The molecule has 1 nitrogen and oxygen atoms in total. The normalized spacial score (nSPS) is 16.5. The van der Waals surface area contributed by atoms with Crippen molar-refractivity contribution in [3.8, 4) is 0 Å². The van der Waals surface area contributed by atoms with Gasteiger partial charge in [-0.2, -0.15) is 0 Å². The summed E-state index contributed by atoms with van der Waals surface area (Å²) >= 11 is 0. The number of hydrogen-bond acceptors (Lipinski definition) is 1. The van der Waals surface area contributed by atoms with Crippen LogP contribution in [-0.4, -0.2) is 25.0 Å². The topological polar surface area (TPSA) is 3.24 Å². The van der Waals surface area contributed by atoms with Gasteiger partial charge in [-0.1, -0.05) is 55.4 Å². The van der Waals surface area contributed by atoms with Crippen molar-refractivity contribution in [2.45, 2.75) is 81.1 Å². The molecule has 0 aromatic heterocycles. The van der Waals surface area contributed by atoms with E-state index in [1.54, 1.807) is 0 Å². The molecule has 0 heterocycles. The molecular formula is C19H41N. The first-order chi connectivity index (χ1) is 8.89. The van der Waals surface area contributed by atoms with Crippen LogP contribution in [0.3, 0.4) is 0 Å². The van der Waals surface area contributed by atoms with Crippen LogP contribution in [0.4, 0.5) is 0 Å². The Morgan fingerprint density at radius 2 is 1.00 bits per heavy atom. The van der Waals surface area contributed by atoms with Crippen molar-refractivity contribution in [3.63, 3.8) is 0 Å². The zero-order valence-corrected chi connectivity index (χ0v) is 15.8. The molecule has 0 N–H and O–H groups in total. The average molecular weight is 284 g/mol. The van der Waals surface area contributed by atoms with Gasteiger partial charge in [0, 0.05) is 0 Å². The van der Waals surface area contributed by atoms with Gasteiger partial charge in [-0.05, 0) is 68.5 Å². The van der Waals surface area contributed by atoms with Crippen LogP contribution in [0.1, 0.15) is 81.1 Å². The summed E-state index contributed by atoms with van der Waals surface area (Å²) < 4.78 is 0. The van der Waals surface area contributed by atoms with Crippen LogP contribution in [0.5, 0.6) is 0 Å². The second kappa shape index (κ2) is 8.41. The second-order valence-electron chi connectivity index (χ2n) is 9.62. The molecule has 2 unspecified atom stereocenters. The van der Waals surface area contributed by atoms with Crippen LogP contribution < -0.4 is 0 Å². The summed E-state index contributed by atoms with van der Waals surface area (Å²) in [5, 5.41) is 0. The summed E-state index contributed by atoms with van der Waals surface area (Å²) in [6, 6.07) is 0. The Labute approximate surface area is 129 Å². The predicted octanol–water partition coefficient (Wildman–Crippen LogP) is 5.84. The highest BCUT2D eigenvalue weighted by Crippen LogP contribution is 2.27. The van der Waals surface area contributed by atoms with E-state index in [1.807, 2.05) is 0 Å². The summed E-state index contributed by atoms with van der Waals surface area (Å²) in [4.78, 5) is 2.53. The van der Waals surface area contributed by atoms with E-state index in [1.165, 1.54) is 38.8 Å². The van der Waals surface area contributed by atoms with Gasteiger partial charge in [0.25, 0.3) is 0 Å². The van der Waals surface area contributed by atoms with Crippen molar-refractivity contribution in [2.75, 3.05) is 20.1 Å². The van der Waals surface area contributed by atoms with Gasteiger partial charge < -0.3 is 4.90 Å². The van der Waals surface area contributed by atoms with E-state index in [2.05, 4.69) is 67.3 Å². The molecule has 0 fully saturated rings. The molecule has 0 aromatic rings. The van der Waals surface area contributed by atoms with E-state index >= 15 is 0 Å². The Balaban J connectivity index is 3.81. The molecule has 0 aliphatic carbocycles. The van der Waals surface area contributed by atoms with Gasteiger partial charge in [-0.3, -0.25) is 0 Å². The molecule has 0 aromatic carbocycles. The molecule has 0 aliphatic rings. The summed E-state index contributed by atoms with van der Waals surface area (Å²) in [5.74, 6) is 1.67. The molecule has 0 saturated heterocycles. The van der Waals surface area contributed by atoms with Crippen LogP contribution >= 0.6 is 0 Å². The van der Waals surface area contributed by atoms with Crippen LogP contribution in [0, 0.1) is 22.7 Å². The third-order valence-corrected chi connectivity index (χ3v) is 3.93. The fourth-order valence-electron chi connectivity index (χ4n) is 3.29. The van der Waals surface area contributed by atoms with E-state index in [0.717, 1.165) is 11.8 Å². The fraction of sp³-hybridized carbons (Fsp3) is 1.00. The maximum Gasteiger partial charge on any atom is -0.00192 e. The van der Waals surface area contributed by atoms with E-state index < -0.39 is 0 Å². The number of hydrogen-bond donors (Lipinski definition) is 0. The van der Waals surface area contributed by atoms with Gasteiger partial charge in [0.05, 0.1) is 0 Å². The SMILES string of the molecule is CC(CCN(C)CCC(C)CC(C)(C)C)CC(C)(C)C. The zero-order valence-electron chi connectivity index (χ0n) is 15.8. The molecule has 122 valence electrons. The summed E-state index contributed by atoms with van der Waals surface area (Å²) in [6.07, 6.45) is 5.34. The van der Waals surface area contributed by atoms with Gasteiger partial charge in [-0.25, -0.2) is 0 Å². The van der Waals surface area contributed by atoms with Crippen molar-refractivity contribution < 1.29 is 0 Å². The summed E-state index contributed by atoms with van der Waals surface area (Å²) in [5.41, 5.74) is 0.943. The van der Waals surface area contributed by atoms with Gasteiger partial charge in [0.2, 0.25) is 0 Å². The third-order valence-electron chi connectivity index (χ3n) is 3.93. The molecule has 0 radical (unpaired) electrons. The minimum absolute atomic E-state index is 0.471. The third kappa shape index (κ3) is 13.0. The zero-order chi connectivity index (χ0) is 16.0. The molecule has 2 atom stereocenters. The summed E-state index contributed by atoms with van der Waals surface area (Å²) in [7, 11) is 2.29. The Bertz CT molecular complexity index is 217. The van der Waals surface area contributed by atoms with E-state index in [0.29, 0.717) is 10.8 Å². The minimum atomic E-state index is 0.471. The van der Waals surface area contributed by atoms with Gasteiger partial charge >= 0.3 is 0 Å². The monoisotopic (exact) mass is 283 g/mol. The molecule has 20 heavy (non-hydrogen) atoms. The number of rotatable bonds is 8. The van der Waals surface area contributed by atoms with Crippen LogP contribution in [0.15, 0.2) is 0 Å².